The molecule has 0 aliphatic carbocycles. The van der Waals surface area contributed by atoms with E-state index in [1.807, 2.05) is 16.7 Å². The fraction of sp³-hybridized carbons (Fsp3) is 0.133. The minimum atomic E-state index is -0.305. The first-order valence-electron chi connectivity index (χ1n) is 6.32. The van der Waals surface area contributed by atoms with Crippen LogP contribution in [0.5, 0.6) is 0 Å². The predicted octanol–water partition coefficient (Wildman–Crippen LogP) is 5.97. The summed E-state index contributed by atoms with van der Waals surface area (Å²) in [5.41, 5.74) is 2.70. The number of fused-ring (bicyclic) bond motifs is 1. The summed E-state index contributed by atoms with van der Waals surface area (Å²) in [7, 11) is 0. The number of rotatable bonds is 2. The van der Waals surface area contributed by atoms with Gasteiger partial charge in [-0.3, -0.25) is 0 Å². The molecule has 0 amide bonds. The maximum absolute atomic E-state index is 13.7. The SMILES string of the molecule is CC(c1cccc(Br)c1)n1c(=S)[nH]c2cc(F)c(Br)cc21. The van der Waals surface area contributed by atoms with Gasteiger partial charge < -0.3 is 9.55 Å². The molecule has 1 unspecified atom stereocenters. The largest absolute Gasteiger partial charge is 0.330 e. The zero-order valence-corrected chi connectivity index (χ0v) is 15.0. The molecule has 0 fully saturated rings. The predicted molar refractivity (Wildman–Crippen MR) is 92.7 cm³/mol. The van der Waals surface area contributed by atoms with E-state index in [0.717, 1.165) is 15.6 Å². The molecular weight excluding hydrogens is 419 g/mol. The molecule has 1 N–H and O–H groups in total. The number of hydrogen-bond donors (Lipinski definition) is 1. The van der Waals surface area contributed by atoms with Gasteiger partial charge in [-0.05, 0) is 58.8 Å². The van der Waals surface area contributed by atoms with Gasteiger partial charge in [-0.1, -0.05) is 28.1 Å². The standard InChI is InChI=1S/C15H11Br2FN2S/c1-8(9-3-2-4-10(16)5-9)20-14-6-11(17)12(18)7-13(14)19-15(20)21/h2-8H,1H3,(H,19,21). The van der Waals surface area contributed by atoms with Crippen LogP contribution < -0.4 is 0 Å². The summed E-state index contributed by atoms with van der Waals surface area (Å²) in [5, 5.41) is 0. The van der Waals surface area contributed by atoms with E-state index in [2.05, 4.69) is 55.9 Å². The maximum atomic E-state index is 13.7. The third-order valence-electron chi connectivity index (χ3n) is 3.48. The number of nitrogens with one attached hydrogen (secondary N) is 1. The van der Waals surface area contributed by atoms with Crippen molar-refractivity contribution < 1.29 is 4.39 Å². The smallest absolute Gasteiger partial charge is 0.178 e. The van der Waals surface area contributed by atoms with Crippen LogP contribution in [0, 0.1) is 10.6 Å². The van der Waals surface area contributed by atoms with Gasteiger partial charge in [-0.2, -0.15) is 0 Å². The van der Waals surface area contributed by atoms with Crippen LogP contribution in [-0.4, -0.2) is 9.55 Å². The molecule has 0 spiro atoms. The summed E-state index contributed by atoms with van der Waals surface area (Å²) >= 11 is 12.1. The Morgan fingerprint density at radius 3 is 2.71 bits per heavy atom. The van der Waals surface area contributed by atoms with Crippen LogP contribution >= 0.6 is 44.1 Å². The third kappa shape index (κ3) is 2.72. The Kier molecular flexibility index (Phi) is 4.03. The van der Waals surface area contributed by atoms with Crippen molar-refractivity contribution in [2.75, 3.05) is 0 Å². The Labute approximate surface area is 143 Å². The Hall–Kier alpha value is -0.980. The normalized spacial score (nSPS) is 12.8. The highest BCUT2D eigenvalue weighted by Gasteiger charge is 2.15. The van der Waals surface area contributed by atoms with Crippen molar-refractivity contribution in [3.8, 4) is 0 Å². The van der Waals surface area contributed by atoms with Crippen LogP contribution in [0.4, 0.5) is 4.39 Å². The van der Waals surface area contributed by atoms with E-state index in [4.69, 9.17) is 12.2 Å². The first-order chi connectivity index (χ1) is 9.97. The van der Waals surface area contributed by atoms with Crippen molar-refractivity contribution in [2.45, 2.75) is 13.0 Å². The fourth-order valence-electron chi connectivity index (χ4n) is 2.42. The summed E-state index contributed by atoms with van der Waals surface area (Å²) in [5.74, 6) is -0.305. The number of benzene rings is 2. The molecule has 21 heavy (non-hydrogen) atoms. The summed E-state index contributed by atoms with van der Waals surface area (Å²) in [6.45, 7) is 2.07. The molecule has 3 aromatic rings. The molecule has 1 atom stereocenters. The van der Waals surface area contributed by atoms with Crippen LogP contribution in [-0.2, 0) is 0 Å². The zero-order chi connectivity index (χ0) is 15.1. The average Bonchev–Trinajstić information content (AvgIpc) is 2.74. The third-order valence-corrected chi connectivity index (χ3v) is 4.88. The topological polar surface area (TPSA) is 20.7 Å². The van der Waals surface area contributed by atoms with Gasteiger partial charge in [0.25, 0.3) is 0 Å². The molecule has 1 aromatic heterocycles. The lowest BCUT2D eigenvalue weighted by Gasteiger charge is -2.15. The highest BCUT2D eigenvalue weighted by molar-refractivity contribution is 9.10. The minimum Gasteiger partial charge on any atom is -0.330 e. The molecule has 3 rings (SSSR count). The lowest BCUT2D eigenvalue weighted by Crippen LogP contribution is -2.06. The number of nitrogens with zero attached hydrogens (tertiary/aromatic N) is 1. The molecule has 0 aliphatic heterocycles. The lowest BCUT2D eigenvalue weighted by molar-refractivity contribution is 0.621. The van der Waals surface area contributed by atoms with Crippen molar-refractivity contribution >= 4 is 55.1 Å². The zero-order valence-electron chi connectivity index (χ0n) is 11.0. The number of aromatic amines is 1. The van der Waals surface area contributed by atoms with Crippen molar-refractivity contribution in [1.82, 2.24) is 9.55 Å². The van der Waals surface area contributed by atoms with E-state index >= 15 is 0 Å². The van der Waals surface area contributed by atoms with E-state index in [9.17, 15) is 4.39 Å². The van der Waals surface area contributed by atoms with Crippen molar-refractivity contribution in [3.05, 3.63) is 61.5 Å². The summed E-state index contributed by atoms with van der Waals surface area (Å²) < 4.78 is 17.7. The summed E-state index contributed by atoms with van der Waals surface area (Å²) in [4.78, 5) is 3.07. The molecule has 6 heteroatoms. The second-order valence-corrected chi connectivity index (χ2v) is 6.97. The van der Waals surface area contributed by atoms with Crippen molar-refractivity contribution in [2.24, 2.45) is 0 Å². The van der Waals surface area contributed by atoms with Gasteiger partial charge in [0.1, 0.15) is 5.82 Å². The molecular formula is C15H11Br2FN2S. The first kappa shape index (κ1) is 14.9. The molecule has 0 aliphatic rings. The van der Waals surface area contributed by atoms with E-state index < -0.39 is 0 Å². The van der Waals surface area contributed by atoms with E-state index in [0.29, 0.717) is 14.8 Å². The molecule has 0 saturated heterocycles. The average molecular weight is 430 g/mol. The number of H-pyrrole nitrogens is 1. The monoisotopic (exact) mass is 428 g/mol. The van der Waals surface area contributed by atoms with Gasteiger partial charge in [0.2, 0.25) is 0 Å². The second-order valence-electron chi connectivity index (χ2n) is 4.81. The van der Waals surface area contributed by atoms with Gasteiger partial charge in [-0.25, -0.2) is 4.39 Å². The molecule has 108 valence electrons. The Morgan fingerprint density at radius 2 is 2.00 bits per heavy atom. The summed E-state index contributed by atoms with van der Waals surface area (Å²) in [6, 6.07) is 11.3. The van der Waals surface area contributed by atoms with Crippen LogP contribution in [0.3, 0.4) is 0 Å². The van der Waals surface area contributed by atoms with Crippen molar-refractivity contribution in [3.63, 3.8) is 0 Å². The van der Waals surface area contributed by atoms with E-state index in [1.54, 1.807) is 6.07 Å². The van der Waals surface area contributed by atoms with Crippen LogP contribution in [0.1, 0.15) is 18.5 Å². The Bertz CT molecular complexity index is 885. The summed E-state index contributed by atoms with van der Waals surface area (Å²) in [6.07, 6.45) is 0. The van der Waals surface area contributed by atoms with Gasteiger partial charge in [-0.15, -0.1) is 0 Å². The fourth-order valence-corrected chi connectivity index (χ4v) is 3.54. The second kappa shape index (κ2) is 5.66. The highest BCUT2D eigenvalue weighted by Crippen LogP contribution is 2.29. The van der Waals surface area contributed by atoms with E-state index in [1.165, 1.54) is 6.07 Å². The quantitative estimate of drug-likeness (QED) is 0.497. The Morgan fingerprint density at radius 1 is 1.24 bits per heavy atom. The number of hydrogen-bond acceptors (Lipinski definition) is 1. The molecule has 2 nitrogen and oxygen atoms in total. The molecule has 0 bridgehead atoms. The number of halogens is 3. The van der Waals surface area contributed by atoms with Gasteiger partial charge in [0.15, 0.2) is 4.77 Å². The Balaban J connectivity index is 2.22. The molecule has 2 aromatic carbocycles. The van der Waals surface area contributed by atoms with Gasteiger partial charge in [0.05, 0.1) is 21.5 Å². The van der Waals surface area contributed by atoms with Gasteiger partial charge >= 0.3 is 0 Å². The van der Waals surface area contributed by atoms with Crippen LogP contribution in [0.15, 0.2) is 45.3 Å². The van der Waals surface area contributed by atoms with Crippen LogP contribution in [0.25, 0.3) is 11.0 Å². The maximum Gasteiger partial charge on any atom is 0.178 e. The first-order valence-corrected chi connectivity index (χ1v) is 8.31. The molecule has 0 saturated carbocycles. The minimum absolute atomic E-state index is 0.0427. The molecule has 1 heterocycles. The highest BCUT2D eigenvalue weighted by atomic mass is 79.9. The van der Waals surface area contributed by atoms with Crippen LogP contribution in [0.2, 0.25) is 0 Å². The van der Waals surface area contributed by atoms with Gasteiger partial charge in [0, 0.05) is 10.5 Å². The molecule has 0 radical (unpaired) electrons. The number of imidazole rings is 1. The van der Waals surface area contributed by atoms with E-state index in [-0.39, 0.29) is 11.9 Å². The van der Waals surface area contributed by atoms with Crippen molar-refractivity contribution in [1.29, 1.82) is 0 Å². The number of aromatic nitrogens is 2. The lowest BCUT2D eigenvalue weighted by atomic mass is 10.1.